The number of nitrogens with one attached hydrogen (secondary N) is 2. The molecule has 0 unspecified atom stereocenters. The van der Waals surface area contributed by atoms with Crippen LogP contribution in [0.3, 0.4) is 0 Å². The van der Waals surface area contributed by atoms with Gasteiger partial charge in [-0.2, -0.15) is 0 Å². The van der Waals surface area contributed by atoms with Crippen molar-refractivity contribution >= 4 is 34.2 Å². The molecule has 0 atom stereocenters. The SMILES string of the molecule is CN(C)C/C=C/C(=O)Nc1ccccc1CC(=O)c1ccc2cc3n(c2c1)CCNC3=O. The van der Waals surface area contributed by atoms with Crippen LogP contribution in [0.4, 0.5) is 5.69 Å². The summed E-state index contributed by atoms with van der Waals surface area (Å²) in [5.74, 6) is -0.372. The Labute approximate surface area is 186 Å². The molecule has 0 saturated carbocycles. The molecule has 2 amide bonds. The molecule has 164 valence electrons. The van der Waals surface area contributed by atoms with Gasteiger partial charge in [0, 0.05) is 54.3 Å². The number of rotatable bonds is 7. The predicted molar refractivity (Wildman–Crippen MR) is 125 cm³/mol. The number of amides is 2. The van der Waals surface area contributed by atoms with Crippen LogP contribution in [0.25, 0.3) is 10.9 Å². The molecule has 0 spiro atoms. The Morgan fingerprint density at radius 2 is 1.97 bits per heavy atom. The van der Waals surface area contributed by atoms with Gasteiger partial charge in [-0.1, -0.05) is 36.4 Å². The van der Waals surface area contributed by atoms with E-state index in [0.717, 1.165) is 16.5 Å². The number of benzene rings is 2. The standard InChI is InChI=1S/C25H26N4O3/c1-28(2)12-5-8-24(31)27-20-7-4-3-6-17(20)16-23(30)19-10-9-18-14-22-25(32)26-11-13-29(22)21(18)15-19/h3-10,14-15H,11-13,16H2,1-2H3,(H,26,32)(H,27,31)/b8-5+. The van der Waals surface area contributed by atoms with Crippen LogP contribution in [0, 0.1) is 0 Å². The molecule has 3 aromatic rings. The number of carbonyl (C=O) groups excluding carboxylic acids is 3. The maximum absolute atomic E-state index is 13.1. The minimum atomic E-state index is -0.230. The van der Waals surface area contributed by atoms with Crippen LogP contribution in [-0.2, 0) is 17.8 Å². The van der Waals surface area contributed by atoms with Crippen molar-refractivity contribution in [2.45, 2.75) is 13.0 Å². The number of nitrogens with zero attached hydrogens (tertiary/aromatic N) is 2. The monoisotopic (exact) mass is 430 g/mol. The van der Waals surface area contributed by atoms with E-state index in [1.54, 1.807) is 18.2 Å². The Bertz CT molecular complexity index is 1220. The first-order chi connectivity index (χ1) is 15.4. The first kappa shape index (κ1) is 21.5. The van der Waals surface area contributed by atoms with Gasteiger partial charge < -0.3 is 20.1 Å². The lowest BCUT2D eigenvalue weighted by Crippen LogP contribution is -2.34. The number of ketones is 1. The van der Waals surface area contributed by atoms with Crippen molar-refractivity contribution < 1.29 is 14.4 Å². The van der Waals surface area contributed by atoms with Gasteiger partial charge in [0.15, 0.2) is 5.78 Å². The smallest absolute Gasteiger partial charge is 0.268 e. The highest BCUT2D eigenvalue weighted by atomic mass is 16.2. The van der Waals surface area contributed by atoms with Crippen molar-refractivity contribution in [2.24, 2.45) is 0 Å². The largest absolute Gasteiger partial charge is 0.349 e. The second-order valence-corrected chi connectivity index (χ2v) is 8.12. The van der Waals surface area contributed by atoms with E-state index in [1.807, 2.05) is 60.0 Å². The molecule has 2 N–H and O–H groups in total. The van der Waals surface area contributed by atoms with E-state index in [-0.39, 0.29) is 24.0 Å². The van der Waals surface area contributed by atoms with Gasteiger partial charge in [0.25, 0.3) is 5.91 Å². The van der Waals surface area contributed by atoms with E-state index in [9.17, 15) is 14.4 Å². The van der Waals surface area contributed by atoms with Crippen LogP contribution in [0.5, 0.6) is 0 Å². The van der Waals surface area contributed by atoms with Crippen molar-refractivity contribution in [1.29, 1.82) is 0 Å². The van der Waals surface area contributed by atoms with Gasteiger partial charge in [-0.25, -0.2) is 0 Å². The van der Waals surface area contributed by atoms with Crippen molar-refractivity contribution in [2.75, 3.05) is 32.5 Å². The maximum Gasteiger partial charge on any atom is 0.268 e. The Morgan fingerprint density at radius 3 is 2.78 bits per heavy atom. The van der Waals surface area contributed by atoms with E-state index < -0.39 is 0 Å². The fraction of sp³-hybridized carbons (Fsp3) is 0.240. The molecular weight excluding hydrogens is 404 g/mol. The zero-order chi connectivity index (χ0) is 22.7. The molecule has 7 heteroatoms. The summed E-state index contributed by atoms with van der Waals surface area (Å²) < 4.78 is 1.96. The molecule has 1 aliphatic rings. The highest BCUT2D eigenvalue weighted by Gasteiger charge is 2.20. The molecule has 2 aromatic carbocycles. The highest BCUT2D eigenvalue weighted by molar-refractivity contribution is 6.05. The Hall–Kier alpha value is -3.71. The van der Waals surface area contributed by atoms with E-state index in [2.05, 4.69) is 10.6 Å². The molecule has 7 nitrogen and oxygen atoms in total. The van der Waals surface area contributed by atoms with E-state index in [1.165, 1.54) is 6.08 Å². The lowest BCUT2D eigenvalue weighted by molar-refractivity contribution is -0.111. The van der Waals surface area contributed by atoms with Crippen LogP contribution in [-0.4, -0.2) is 54.2 Å². The van der Waals surface area contributed by atoms with Crippen LogP contribution in [0.2, 0.25) is 0 Å². The maximum atomic E-state index is 13.1. The third-order valence-electron chi connectivity index (χ3n) is 5.45. The molecule has 0 bridgehead atoms. The summed E-state index contributed by atoms with van der Waals surface area (Å²) in [6.07, 6.45) is 3.45. The van der Waals surface area contributed by atoms with Crippen molar-refractivity contribution in [3.8, 4) is 0 Å². The highest BCUT2D eigenvalue weighted by Crippen LogP contribution is 2.24. The van der Waals surface area contributed by atoms with Gasteiger partial charge in [0.05, 0.1) is 0 Å². The van der Waals surface area contributed by atoms with E-state index in [0.29, 0.717) is 36.6 Å². The van der Waals surface area contributed by atoms with Gasteiger partial charge in [0.2, 0.25) is 5.91 Å². The number of hydrogen-bond acceptors (Lipinski definition) is 4. The molecule has 0 fully saturated rings. The van der Waals surface area contributed by atoms with Gasteiger partial charge in [-0.3, -0.25) is 14.4 Å². The van der Waals surface area contributed by atoms with Crippen LogP contribution in [0.1, 0.15) is 26.4 Å². The number of hydrogen-bond donors (Lipinski definition) is 2. The molecular formula is C25H26N4O3. The summed E-state index contributed by atoms with van der Waals surface area (Å²) in [4.78, 5) is 39.4. The van der Waals surface area contributed by atoms with E-state index >= 15 is 0 Å². The van der Waals surface area contributed by atoms with Gasteiger partial charge in [0.1, 0.15) is 5.69 Å². The first-order valence-corrected chi connectivity index (χ1v) is 10.6. The molecule has 0 saturated heterocycles. The van der Waals surface area contributed by atoms with Crippen molar-refractivity contribution in [3.05, 3.63) is 77.5 Å². The predicted octanol–water partition coefficient (Wildman–Crippen LogP) is 2.87. The molecule has 4 rings (SSSR count). The summed E-state index contributed by atoms with van der Waals surface area (Å²) in [7, 11) is 3.86. The zero-order valence-electron chi connectivity index (χ0n) is 18.2. The normalized spacial score (nSPS) is 13.4. The number of para-hydroxylation sites is 1. The summed E-state index contributed by atoms with van der Waals surface area (Å²) in [5, 5.41) is 6.64. The first-order valence-electron chi connectivity index (χ1n) is 10.6. The minimum Gasteiger partial charge on any atom is -0.349 e. The topological polar surface area (TPSA) is 83.4 Å². The molecule has 32 heavy (non-hydrogen) atoms. The van der Waals surface area contributed by atoms with Gasteiger partial charge in [-0.05, 0) is 37.9 Å². The van der Waals surface area contributed by atoms with Crippen LogP contribution >= 0.6 is 0 Å². The molecule has 1 aromatic heterocycles. The molecule has 2 heterocycles. The number of aromatic nitrogens is 1. The van der Waals surface area contributed by atoms with Crippen LogP contribution < -0.4 is 10.6 Å². The summed E-state index contributed by atoms with van der Waals surface area (Å²) in [5.41, 5.74) is 3.46. The third kappa shape index (κ3) is 4.63. The number of fused-ring (bicyclic) bond motifs is 3. The quantitative estimate of drug-likeness (QED) is 0.446. The number of Topliss-reactive ketones (excluding diaryl/α,β-unsaturated/α-hetero) is 1. The summed E-state index contributed by atoms with van der Waals surface area (Å²) >= 11 is 0. The summed E-state index contributed by atoms with van der Waals surface area (Å²) in [6, 6.07) is 14.7. The Morgan fingerprint density at radius 1 is 1.16 bits per heavy atom. The lowest BCUT2D eigenvalue weighted by Gasteiger charge is -2.16. The number of anilines is 1. The van der Waals surface area contributed by atoms with E-state index in [4.69, 9.17) is 0 Å². The third-order valence-corrected chi connectivity index (χ3v) is 5.45. The van der Waals surface area contributed by atoms with Crippen LogP contribution in [0.15, 0.2) is 60.7 Å². The average molecular weight is 431 g/mol. The molecule has 0 radical (unpaired) electrons. The lowest BCUT2D eigenvalue weighted by atomic mass is 10.0. The second kappa shape index (κ2) is 9.20. The Kier molecular flexibility index (Phi) is 6.18. The van der Waals surface area contributed by atoms with Crippen molar-refractivity contribution in [1.82, 2.24) is 14.8 Å². The number of likely N-dealkylation sites (N-methyl/N-ethyl adjacent to an activating group) is 1. The van der Waals surface area contributed by atoms with Gasteiger partial charge in [-0.15, -0.1) is 0 Å². The minimum absolute atomic E-state index is 0.0486. The average Bonchev–Trinajstić information content (AvgIpc) is 3.14. The summed E-state index contributed by atoms with van der Waals surface area (Å²) in [6.45, 7) is 1.92. The molecule has 0 aliphatic carbocycles. The van der Waals surface area contributed by atoms with Gasteiger partial charge >= 0.3 is 0 Å². The second-order valence-electron chi connectivity index (χ2n) is 8.12. The number of carbonyl (C=O) groups is 3. The molecule has 1 aliphatic heterocycles. The zero-order valence-corrected chi connectivity index (χ0v) is 18.2. The Balaban J connectivity index is 1.53. The fourth-order valence-corrected chi connectivity index (χ4v) is 3.85. The fourth-order valence-electron chi connectivity index (χ4n) is 3.85. The van der Waals surface area contributed by atoms with Crippen molar-refractivity contribution in [3.63, 3.8) is 0 Å².